The van der Waals surface area contributed by atoms with Gasteiger partial charge in [0, 0.05) is 17.5 Å². The molecule has 0 atom stereocenters. The van der Waals surface area contributed by atoms with Crippen LogP contribution in [0.1, 0.15) is 27.6 Å². The number of carbonyl (C=O) groups is 1. The third-order valence-electron chi connectivity index (χ3n) is 3.33. The Balaban J connectivity index is 1.74. The van der Waals surface area contributed by atoms with Gasteiger partial charge >= 0.3 is 0 Å². The highest BCUT2D eigenvalue weighted by Crippen LogP contribution is 2.26. The topological polar surface area (TPSA) is 68.0 Å². The fourth-order valence-corrected chi connectivity index (χ4v) is 3.14. The number of hydrogen-bond acceptors (Lipinski definition) is 5. The summed E-state index contributed by atoms with van der Waals surface area (Å²) in [5.74, 6) is 1.57. The van der Waals surface area contributed by atoms with Gasteiger partial charge in [-0.05, 0) is 36.8 Å². The van der Waals surface area contributed by atoms with Crippen LogP contribution in [0.2, 0.25) is 0 Å². The second-order valence-corrected chi connectivity index (χ2v) is 6.36. The number of nitrogens with one attached hydrogen (secondary N) is 1. The van der Waals surface area contributed by atoms with Crippen molar-refractivity contribution in [2.75, 3.05) is 5.32 Å². The maximum absolute atomic E-state index is 12.6. The third-order valence-corrected chi connectivity index (χ3v) is 4.40. The third kappa shape index (κ3) is 4.02. The predicted octanol–water partition coefficient (Wildman–Crippen LogP) is 4.23. The van der Waals surface area contributed by atoms with Crippen LogP contribution in [0.15, 0.2) is 57.9 Å². The average Bonchev–Trinajstić information content (AvgIpc) is 2.99. The number of aryl methyl sites for hydroxylation is 2. The van der Waals surface area contributed by atoms with Gasteiger partial charge in [0.2, 0.25) is 5.89 Å². The highest BCUT2D eigenvalue weighted by Gasteiger charge is 2.13. The molecule has 0 spiro atoms. The van der Waals surface area contributed by atoms with E-state index in [9.17, 15) is 4.79 Å². The molecule has 0 fully saturated rings. The highest BCUT2D eigenvalue weighted by molar-refractivity contribution is 7.98. The normalized spacial score (nSPS) is 10.6. The largest absolute Gasteiger partial charge is 0.340 e. The minimum Gasteiger partial charge on any atom is -0.340 e. The van der Waals surface area contributed by atoms with Crippen LogP contribution in [0.25, 0.3) is 0 Å². The highest BCUT2D eigenvalue weighted by atomic mass is 32.2. The van der Waals surface area contributed by atoms with Crippen molar-refractivity contribution in [2.24, 2.45) is 0 Å². The second kappa shape index (κ2) is 7.31. The molecule has 3 rings (SSSR count). The molecule has 0 aliphatic heterocycles. The van der Waals surface area contributed by atoms with E-state index in [0.29, 0.717) is 23.0 Å². The molecule has 1 amide bonds. The van der Waals surface area contributed by atoms with Gasteiger partial charge < -0.3 is 9.84 Å². The smallest absolute Gasteiger partial charge is 0.256 e. The Kier molecular flexibility index (Phi) is 4.96. The van der Waals surface area contributed by atoms with E-state index in [2.05, 4.69) is 15.5 Å². The molecule has 0 aliphatic rings. The molecule has 0 radical (unpaired) electrons. The van der Waals surface area contributed by atoms with Crippen molar-refractivity contribution in [3.8, 4) is 0 Å². The standard InChI is InChI=1S/C18H17N3O2S/c1-12-6-5-7-14(10-12)20-18(22)15-8-3-4-9-16(15)24-11-17-19-13(2)23-21-17/h3-10H,11H2,1-2H3,(H,20,22). The maximum atomic E-state index is 12.6. The van der Waals surface area contributed by atoms with Gasteiger partial charge in [0.25, 0.3) is 5.91 Å². The van der Waals surface area contributed by atoms with Crippen LogP contribution in [0.3, 0.4) is 0 Å². The van der Waals surface area contributed by atoms with Crippen molar-refractivity contribution in [3.05, 3.63) is 71.4 Å². The lowest BCUT2D eigenvalue weighted by Gasteiger charge is -2.09. The summed E-state index contributed by atoms with van der Waals surface area (Å²) in [6, 6.07) is 15.2. The summed E-state index contributed by atoms with van der Waals surface area (Å²) < 4.78 is 4.97. The number of hydrogen-bond donors (Lipinski definition) is 1. The molecule has 0 saturated carbocycles. The summed E-state index contributed by atoms with van der Waals surface area (Å²) in [5, 5.41) is 6.82. The number of thioether (sulfide) groups is 1. The summed E-state index contributed by atoms with van der Waals surface area (Å²) in [6.45, 7) is 3.75. The quantitative estimate of drug-likeness (QED) is 0.705. The van der Waals surface area contributed by atoms with E-state index >= 15 is 0 Å². The summed E-state index contributed by atoms with van der Waals surface area (Å²) in [4.78, 5) is 17.6. The number of amides is 1. The van der Waals surface area contributed by atoms with E-state index < -0.39 is 0 Å². The Bertz CT molecular complexity index is 861. The minimum atomic E-state index is -0.131. The molecule has 24 heavy (non-hydrogen) atoms. The summed E-state index contributed by atoms with van der Waals surface area (Å²) >= 11 is 1.51. The molecule has 2 aromatic carbocycles. The number of anilines is 1. The first kappa shape index (κ1) is 16.3. The molecule has 1 aromatic heterocycles. The van der Waals surface area contributed by atoms with Gasteiger partial charge in [0.15, 0.2) is 5.82 Å². The molecule has 0 aliphatic carbocycles. The molecule has 122 valence electrons. The summed E-state index contributed by atoms with van der Waals surface area (Å²) in [6.07, 6.45) is 0. The van der Waals surface area contributed by atoms with Crippen LogP contribution < -0.4 is 5.32 Å². The molecule has 3 aromatic rings. The Labute approximate surface area is 144 Å². The Morgan fingerprint density at radius 2 is 2.00 bits per heavy atom. The molecule has 6 heteroatoms. The van der Waals surface area contributed by atoms with Gasteiger partial charge in [0.05, 0.1) is 11.3 Å². The number of aromatic nitrogens is 2. The van der Waals surface area contributed by atoms with Crippen LogP contribution in [0, 0.1) is 13.8 Å². The molecule has 0 unspecified atom stereocenters. The van der Waals surface area contributed by atoms with Crippen LogP contribution in [-0.4, -0.2) is 16.0 Å². The van der Waals surface area contributed by atoms with E-state index in [1.54, 1.807) is 6.92 Å². The Morgan fingerprint density at radius 3 is 2.75 bits per heavy atom. The zero-order chi connectivity index (χ0) is 16.9. The molecular weight excluding hydrogens is 322 g/mol. The Hall–Kier alpha value is -2.60. The summed E-state index contributed by atoms with van der Waals surface area (Å²) in [5.41, 5.74) is 2.51. The second-order valence-electron chi connectivity index (χ2n) is 5.34. The maximum Gasteiger partial charge on any atom is 0.256 e. The van der Waals surface area contributed by atoms with Crippen LogP contribution in [0.5, 0.6) is 0 Å². The fourth-order valence-electron chi connectivity index (χ4n) is 2.24. The van der Waals surface area contributed by atoms with Gasteiger partial charge in [-0.15, -0.1) is 11.8 Å². The van der Waals surface area contributed by atoms with Gasteiger partial charge in [-0.25, -0.2) is 0 Å². The fraction of sp³-hybridized carbons (Fsp3) is 0.167. The van der Waals surface area contributed by atoms with Crippen molar-refractivity contribution in [3.63, 3.8) is 0 Å². The van der Waals surface area contributed by atoms with E-state index in [4.69, 9.17) is 4.52 Å². The summed E-state index contributed by atoms with van der Waals surface area (Å²) in [7, 11) is 0. The number of carbonyl (C=O) groups excluding carboxylic acids is 1. The number of nitrogens with zero attached hydrogens (tertiary/aromatic N) is 2. The van der Waals surface area contributed by atoms with E-state index in [-0.39, 0.29) is 5.91 Å². The Morgan fingerprint density at radius 1 is 1.17 bits per heavy atom. The lowest BCUT2D eigenvalue weighted by molar-refractivity contribution is 0.102. The van der Waals surface area contributed by atoms with Gasteiger partial charge in [0.1, 0.15) is 0 Å². The van der Waals surface area contributed by atoms with Crippen molar-refractivity contribution < 1.29 is 9.32 Å². The predicted molar refractivity (Wildman–Crippen MR) is 94.2 cm³/mol. The first-order valence-corrected chi connectivity index (χ1v) is 8.49. The van der Waals surface area contributed by atoms with E-state index in [1.807, 2.05) is 55.5 Å². The lowest BCUT2D eigenvalue weighted by Crippen LogP contribution is -2.13. The zero-order valence-corrected chi connectivity index (χ0v) is 14.3. The average molecular weight is 339 g/mol. The first-order chi connectivity index (χ1) is 11.6. The van der Waals surface area contributed by atoms with Crippen LogP contribution in [-0.2, 0) is 5.75 Å². The molecule has 1 heterocycles. The zero-order valence-electron chi connectivity index (χ0n) is 13.4. The van der Waals surface area contributed by atoms with Crippen molar-refractivity contribution in [2.45, 2.75) is 24.5 Å². The molecule has 0 bridgehead atoms. The van der Waals surface area contributed by atoms with Crippen LogP contribution in [0.4, 0.5) is 5.69 Å². The van der Waals surface area contributed by atoms with E-state index in [0.717, 1.165) is 16.1 Å². The van der Waals surface area contributed by atoms with Crippen LogP contribution >= 0.6 is 11.8 Å². The number of rotatable bonds is 5. The molecule has 5 nitrogen and oxygen atoms in total. The van der Waals surface area contributed by atoms with Gasteiger partial charge in [-0.1, -0.05) is 29.4 Å². The molecule has 1 N–H and O–H groups in total. The van der Waals surface area contributed by atoms with E-state index in [1.165, 1.54) is 11.8 Å². The van der Waals surface area contributed by atoms with Gasteiger partial charge in [-0.3, -0.25) is 4.79 Å². The van der Waals surface area contributed by atoms with Crippen molar-refractivity contribution in [1.29, 1.82) is 0 Å². The molecule has 0 saturated heterocycles. The van der Waals surface area contributed by atoms with Gasteiger partial charge in [-0.2, -0.15) is 4.98 Å². The molecular formula is C18H17N3O2S. The minimum absolute atomic E-state index is 0.131. The first-order valence-electron chi connectivity index (χ1n) is 7.51. The van der Waals surface area contributed by atoms with Crippen molar-refractivity contribution >= 4 is 23.4 Å². The lowest BCUT2D eigenvalue weighted by atomic mass is 10.2. The SMILES string of the molecule is Cc1cccc(NC(=O)c2ccccc2SCc2noc(C)n2)c1. The number of benzene rings is 2. The van der Waals surface area contributed by atoms with Crippen molar-refractivity contribution in [1.82, 2.24) is 10.1 Å². The monoisotopic (exact) mass is 339 g/mol.